The van der Waals surface area contributed by atoms with Crippen LogP contribution in [0.25, 0.3) is 10.2 Å². The standard InChI is InChI=1S/C21H26N4O3S2/c1-14(2)13-25-20-17(19(26)23(3)21(25)27)18(30(28)24-9-4-5-10-24)16(29-20)11-15-7-6-8-22-12-15/h6-8,12,14H,4-5,9-11,13H2,1-3H3. The summed E-state index contributed by atoms with van der Waals surface area (Å²) in [6.45, 7) is 6.09. The van der Waals surface area contributed by atoms with Gasteiger partial charge in [0.2, 0.25) is 4.90 Å². The van der Waals surface area contributed by atoms with Crippen molar-refractivity contribution >= 4 is 32.9 Å². The van der Waals surface area contributed by atoms with Crippen LogP contribution in [0.1, 0.15) is 37.1 Å². The number of pyridine rings is 1. The molecule has 7 nitrogen and oxygen atoms in total. The van der Waals surface area contributed by atoms with Gasteiger partial charge in [-0.05, 0) is 30.4 Å². The zero-order valence-corrected chi connectivity index (χ0v) is 19.1. The minimum absolute atomic E-state index is 0.236. The van der Waals surface area contributed by atoms with E-state index in [1.807, 2.05) is 30.3 Å². The van der Waals surface area contributed by atoms with Crippen LogP contribution in [0.4, 0.5) is 0 Å². The third-order valence-corrected chi connectivity index (χ3v) is 8.28. The van der Waals surface area contributed by atoms with Crippen molar-refractivity contribution in [1.82, 2.24) is 18.4 Å². The molecule has 160 valence electrons. The van der Waals surface area contributed by atoms with Gasteiger partial charge < -0.3 is 4.55 Å². The zero-order chi connectivity index (χ0) is 21.4. The van der Waals surface area contributed by atoms with E-state index >= 15 is 0 Å². The molecule has 3 aromatic rings. The molecule has 30 heavy (non-hydrogen) atoms. The fourth-order valence-corrected chi connectivity index (χ4v) is 6.95. The summed E-state index contributed by atoms with van der Waals surface area (Å²) >= 11 is -0.0253. The third kappa shape index (κ3) is 3.87. The van der Waals surface area contributed by atoms with Gasteiger partial charge in [0.1, 0.15) is 10.2 Å². The number of hydrogen-bond donors (Lipinski definition) is 0. The molecule has 3 aromatic heterocycles. The summed E-state index contributed by atoms with van der Waals surface area (Å²) in [5.74, 6) is 0.236. The van der Waals surface area contributed by atoms with Crippen LogP contribution in [-0.2, 0) is 31.4 Å². The highest BCUT2D eigenvalue weighted by Crippen LogP contribution is 2.36. The molecular formula is C21H26N4O3S2. The zero-order valence-electron chi connectivity index (χ0n) is 17.5. The van der Waals surface area contributed by atoms with E-state index < -0.39 is 11.4 Å². The second kappa shape index (κ2) is 8.66. The van der Waals surface area contributed by atoms with E-state index in [2.05, 4.69) is 4.98 Å². The van der Waals surface area contributed by atoms with Gasteiger partial charge in [0.15, 0.2) is 0 Å². The van der Waals surface area contributed by atoms with Crippen molar-refractivity contribution in [1.29, 1.82) is 0 Å². The van der Waals surface area contributed by atoms with Crippen LogP contribution in [0.3, 0.4) is 0 Å². The van der Waals surface area contributed by atoms with Gasteiger partial charge in [-0.2, -0.15) is 0 Å². The van der Waals surface area contributed by atoms with Crippen LogP contribution in [0, 0.1) is 5.92 Å². The Bertz CT molecular complexity index is 1160. The Hall–Kier alpha value is -1.94. The lowest BCUT2D eigenvalue weighted by atomic mass is 10.2. The Balaban J connectivity index is 1.98. The van der Waals surface area contributed by atoms with E-state index in [9.17, 15) is 14.1 Å². The molecule has 0 bridgehead atoms. The molecule has 0 spiro atoms. The summed E-state index contributed by atoms with van der Waals surface area (Å²) in [5, 5.41) is 0.423. The number of rotatable bonds is 6. The molecule has 1 atom stereocenters. The van der Waals surface area contributed by atoms with Gasteiger partial charge in [-0.3, -0.25) is 18.9 Å². The summed E-state index contributed by atoms with van der Waals surface area (Å²) in [6.07, 6.45) is 6.03. The highest BCUT2D eigenvalue weighted by molar-refractivity contribution is 7.89. The second-order valence-corrected chi connectivity index (χ2v) is 10.6. The van der Waals surface area contributed by atoms with Gasteiger partial charge in [0.25, 0.3) is 5.56 Å². The highest BCUT2D eigenvalue weighted by Gasteiger charge is 2.34. The average molecular weight is 447 g/mol. The van der Waals surface area contributed by atoms with Gasteiger partial charge >= 0.3 is 5.69 Å². The first-order valence-corrected chi connectivity index (χ1v) is 12.1. The van der Waals surface area contributed by atoms with Crippen molar-refractivity contribution in [2.45, 2.75) is 44.6 Å². The van der Waals surface area contributed by atoms with Crippen LogP contribution in [-0.4, -0.2) is 36.1 Å². The number of fused-ring (bicyclic) bond motifs is 1. The summed E-state index contributed by atoms with van der Waals surface area (Å²) in [4.78, 5) is 32.3. The Morgan fingerprint density at radius 3 is 2.63 bits per heavy atom. The van der Waals surface area contributed by atoms with E-state index in [0.29, 0.717) is 28.1 Å². The monoisotopic (exact) mass is 446 g/mol. The van der Waals surface area contributed by atoms with Crippen molar-refractivity contribution in [3.05, 3.63) is 55.8 Å². The first-order chi connectivity index (χ1) is 14.4. The number of hydrogen-bond acceptors (Lipinski definition) is 6. The molecule has 9 heteroatoms. The van der Waals surface area contributed by atoms with Gasteiger partial charge in [0.05, 0.1) is 16.2 Å². The van der Waals surface area contributed by atoms with Crippen molar-refractivity contribution in [3.8, 4) is 0 Å². The van der Waals surface area contributed by atoms with Crippen LogP contribution >= 0.6 is 11.3 Å². The van der Waals surface area contributed by atoms with E-state index in [1.165, 1.54) is 18.4 Å². The first kappa shape index (κ1) is 21.3. The molecule has 1 aliphatic heterocycles. The van der Waals surface area contributed by atoms with Crippen LogP contribution in [0.5, 0.6) is 0 Å². The smallest absolute Gasteiger partial charge is 0.331 e. The summed E-state index contributed by atoms with van der Waals surface area (Å²) < 4.78 is 18.4. The second-order valence-electron chi connectivity index (χ2n) is 8.11. The maximum Gasteiger partial charge on any atom is 0.331 e. The summed E-state index contributed by atoms with van der Waals surface area (Å²) in [7, 11) is 1.50. The number of thiophene rings is 1. The molecule has 1 aliphatic rings. The molecule has 4 heterocycles. The van der Waals surface area contributed by atoms with Gasteiger partial charge in [-0.25, -0.2) is 4.79 Å². The topological polar surface area (TPSA) is 83.2 Å². The SMILES string of the molecule is CC(C)Cn1c(=O)n(C)c(=O)c2c([S+]([O-])N3CCCC3)c(Cc3cccnc3)sc21. The maximum atomic E-state index is 13.6. The molecule has 0 N–H and O–H groups in total. The lowest BCUT2D eigenvalue weighted by Gasteiger charge is -2.19. The molecule has 0 radical (unpaired) electrons. The molecular weight excluding hydrogens is 420 g/mol. The van der Waals surface area contributed by atoms with E-state index in [0.717, 1.165) is 40.9 Å². The molecule has 1 unspecified atom stereocenters. The molecule has 1 fully saturated rings. The van der Waals surface area contributed by atoms with E-state index in [1.54, 1.807) is 17.0 Å². The van der Waals surface area contributed by atoms with Crippen molar-refractivity contribution in [2.24, 2.45) is 13.0 Å². The summed E-state index contributed by atoms with van der Waals surface area (Å²) in [5.41, 5.74) is 0.290. The van der Waals surface area contributed by atoms with E-state index in [-0.39, 0.29) is 17.2 Å². The van der Waals surface area contributed by atoms with Crippen molar-refractivity contribution < 1.29 is 4.55 Å². The minimum Gasteiger partial charge on any atom is -0.593 e. The minimum atomic E-state index is -1.44. The van der Waals surface area contributed by atoms with E-state index in [4.69, 9.17) is 0 Å². The average Bonchev–Trinajstić information content (AvgIpc) is 3.38. The molecule has 1 saturated heterocycles. The predicted molar refractivity (Wildman–Crippen MR) is 120 cm³/mol. The Labute approximate surface area is 182 Å². The maximum absolute atomic E-state index is 13.6. The lowest BCUT2D eigenvalue weighted by molar-refractivity contribution is 0.477. The Morgan fingerprint density at radius 1 is 1.27 bits per heavy atom. The fraction of sp³-hybridized carbons (Fsp3) is 0.476. The largest absolute Gasteiger partial charge is 0.593 e. The van der Waals surface area contributed by atoms with Crippen LogP contribution in [0.2, 0.25) is 0 Å². The normalized spacial score (nSPS) is 16.0. The fourth-order valence-electron chi connectivity index (χ4n) is 3.85. The predicted octanol–water partition coefficient (Wildman–Crippen LogP) is 2.52. The quantitative estimate of drug-likeness (QED) is 0.544. The first-order valence-electron chi connectivity index (χ1n) is 10.2. The number of nitrogens with zero attached hydrogens (tertiary/aromatic N) is 4. The van der Waals surface area contributed by atoms with Crippen molar-refractivity contribution in [3.63, 3.8) is 0 Å². The van der Waals surface area contributed by atoms with Crippen LogP contribution in [0.15, 0.2) is 39.0 Å². The van der Waals surface area contributed by atoms with Gasteiger partial charge in [-0.1, -0.05) is 19.9 Å². The molecule has 0 aromatic carbocycles. The van der Waals surface area contributed by atoms with Gasteiger partial charge in [0, 0.05) is 45.5 Å². The number of aromatic nitrogens is 3. The molecule has 0 amide bonds. The van der Waals surface area contributed by atoms with Gasteiger partial charge in [-0.15, -0.1) is 15.6 Å². The molecule has 0 aliphatic carbocycles. The summed E-state index contributed by atoms with van der Waals surface area (Å²) in [6, 6.07) is 3.84. The van der Waals surface area contributed by atoms with Crippen molar-refractivity contribution in [2.75, 3.05) is 13.1 Å². The van der Waals surface area contributed by atoms with Crippen LogP contribution < -0.4 is 11.2 Å². The Morgan fingerprint density at radius 2 is 2.00 bits per heavy atom. The highest BCUT2D eigenvalue weighted by atomic mass is 32.2. The Kier molecular flexibility index (Phi) is 6.15. The molecule has 4 rings (SSSR count). The third-order valence-electron chi connectivity index (χ3n) is 5.30. The lowest BCUT2D eigenvalue weighted by Crippen LogP contribution is -2.39. The molecule has 0 saturated carbocycles.